The fourth-order valence-electron chi connectivity index (χ4n) is 4.75. The van der Waals surface area contributed by atoms with Crippen LogP contribution in [-0.2, 0) is 35.3 Å². The van der Waals surface area contributed by atoms with Gasteiger partial charge in [0.1, 0.15) is 6.26 Å². The molecule has 0 bridgehead atoms. The minimum absolute atomic E-state index is 0.129. The lowest BCUT2D eigenvalue weighted by atomic mass is 9.98. The number of carbonyl (C=O) groups is 2. The summed E-state index contributed by atoms with van der Waals surface area (Å²) in [6, 6.07) is 13.0. The number of piperidine rings is 1. The van der Waals surface area contributed by atoms with Crippen LogP contribution >= 0.6 is 0 Å². The Balaban J connectivity index is 1.50. The van der Waals surface area contributed by atoms with Crippen molar-refractivity contribution in [1.29, 1.82) is 0 Å². The van der Waals surface area contributed by atoms with Crippen molar-refractivity contribution in [3.05, 3.63) is 88.6 Å². The van der Waals surface area contributed by atoms with E-state index < -0.39 is 11.7 Å². The molecule has 1 aliphatic heterocycles. The summed E-state index contributed by atoms with van der Waals surface area (Å²) in [5.41, 5.74) is 1.99. The number of hydrogen-bond acceptors (Lipinski definition) is 6. The van der Waals surface area contributed by atoms with Crippen molar-refractivity contribution in [3.8, 4) is 0 Å². The Morgan fingerprint density at radius 3 is 2.67 bits per heavy atom. The molecule has 4 rings (SSSR count). The molecule has 0 N–H and O–H groups in total. The van der Waals surface area contributed by atoms with Crippen molar-refractivity contribution in [2.24, 2.45) is 5.92 Å². The number of halogens is 3. The SMILES string of the molecule is CCOC(=O)C1CCCN(C(=O)c2coc(CN(Cc3cccc(C(F)(F)F)c3)Cc3ccccc3C)n2)C1. The van der Waals surface area contributed by atoms with Gasteiger partial charge in [-0.15, -0.1) is 0 Å². The van der Waals surface area contributed by atoms with Crippen LogP contribution in [0.3, 0.4) is 0 Å². The topological polar surface area (TPSA) is 75.9 Å². The molecule has 0 saturated carbocycles. The van der Waals surface area contributed by atoms with Crippen LogP contribution in [0.1, 0.15) is 58.4 Å². The fourth-order valence-corrected chi connectivity index (χ4v) is 4.75. The van der Waals surface area contributed by atoms with Crippen LogP contribution in [0, 0.1) is 12.8 Å². The van der Waals surface area contributed by atoms with E-state index in [0.717, 1.165) is 23.3 Å². The highest BCUT2D eigenvalue weighted by atomic mass is 19.4. The van der Waals surface area contributed by atoms with Crippen LogP contribution in [0.25, 0.3) is 0 Å². The van der Waals surface area contributed by atoms with E-state index in [9.17, 15) is 22.8 Å². The summed E-state index contributed by atoms with van der Waals surface area (Å²) >= 11 is 0. The average molecular weight is 544 g/mol. The van der Waals surface area contributed by atoms with Gasteiger partial charge in [0.25, 0.3) is 5.91 Å². The van der Waals surface area contributed by atoms with E-state index in [-0.39, 0.29) is 55.6 Å². The Morgan fingerprint density at radius 2 is 1.92 bits per heavy atom. The molecule has 1 saturated heterocycles. The van der Waals surface area contributed by atoms with Crippen molar-refractivity contribution >= 4 is 11.9 Å². The second kappa shape index (κ2) is 12.5. The van der Waals surface area contributed by atoms with E-state index in [1.807, 2.05) is 36.1 Å². The third kappa shape index (κ3) is 7.47. The normalized spacial score (nSPS) is 15.9. The van der Waals surface area contributed by atoms with E-state index in [4.69, 9.17) is 9.15 Å². The maximum atomic E-state index is 13.3. The van der Waals surface area contributed by atoms with Crippen molar-refractivity contribution in [1.82, 2.24) is 14.8 Å². The molecule has 1 aliphatic rings. The van der Waals surface area contributed by atoms with Gasteiger partial charge in [0, 0.05) is 26.2 Å². The lowest BCUT2D eigenvalue weighted by molar-refractivity contribution is -0.149. The highest BCUT2D eigenvalue weighted by Gasteiger charge is 2.32. The van der Waals surface area contributed by atoms with Crippen molar-refractivity contribution in [3.63, 3.8) is 0 Å². The van der Waals surface area contributed by atoms with E-state index in [1.54, 1.807) is 17.9 Å². The summed E-state index contributed by atoms with van der Waals surface area (Å²) in [4.78, 5) is 33.2. The van der Waals surface area contributed by atoms with Gasteiger partial charge in [-0.25, -0.2) is 4.98 Å². The van der Waals surface area contributed by atoms with Crippen LogP contribution < -0.4 is 0 Å². The zero-order valence-corrected chi connectivity index (χ0v) is 22.0. The molecule has 1 fully saturated rings. The number of amides is 1. The van der Waals surface area contributed by atoms with Crippen LogP contribution in [-0.4, -0.2) is 46.4 Å². The van der Waals surface area contributed by atoms with E-state index in [1.165, 1.54) is 12.3 Å². The van der Waals surface area contributed by atoms with Gasteiger partial charge in [-0.3, -0.25) is 14.5 Å². The maximum absolute atomic E-state index is 13.3. The summed E-state index contributed by atoms with van der Waals surface area (Å²) in [5.74, 6) is -0.733. The number of aromatic nitrogens is 1. The number of nitrogens with zero attached hydrogens (tertiary/aromatic N) is 3. The number of alkyl halides is 3. The molecular formula is C29H32F3N3O4. The van der Waals surface area contributed by atoms with Gasteiger partial charge in [-0.1, -0.05) is 42.5 Å². The predicted octanol–water partition coefficient (Wildman–Crippen LogP) is 5.62. The predicted molar refractivity (Wildman–Crippen MR) is 137 cm³/mol. The number of carbonyl (C=O) groups excluding carboxylic acids is 2. The van der Waals surface area contributed by atoms with Gasteiger partial charge in [0.05, 0.1) is 24.6 Å². The van der Waals surface area contributed by atoms with Gasteiger partial charge in [-0.2, -0.15) is 13.2 Å². The Morgan fingerprint density at radius 1 is 1.13 bits per heavy atom. The molecule has 0 radical (unpaired) electrons. The molecule has 1 amide bonds. The summed E-state index contributed by atoms with van der Waals surface area (Å²) in [6.07, 6.45) is -1.80. The summed E-state index contributed by atoms with van der Waals surface area (Å²) in [6.45, 7) is 5.62. The minimum atomic E-state index is -4.44. The first kappa shape index (κ1) is 28.4. The molecule has 39 heavy (non-hydrogen) atoms. The molecule has 2 aromatic carbocycles. The smallest absolute Gasteiger partial charge is 0.416 e. The number of oxazole rings is 1. The lowest BCUT2D eigenvalue weighted by Gasteiger charge is -2.30. The molecule has 208 valence electrons. The molecule has 1 unspecified atom stereocenters. The molecule has 0 spiro atoms. The first-order valence-electron chi connectivity index (χ1n) is 13.0. The lowest BCUT2D eigenvalue weighted by Crippen LogP contribution is -2.43. The quantitative estimate of drug-likeness (QED) is 0.326. The van der Waals surface area contributed by atoms with Crippen LogP contribution in [0.2, 0.25) is 0 Å². The number of esters is 1. The van der Waals surface area contributed by atoms with Gasteiger partial charge in [-0.05, 0) is 49.4 Å². The monoisotopic (exact) mass is 543 g/mol. The van der Waals surface area contributed by atoms with E-state index in [2.05, 4.69) is 4.98 Å². The first-order chi connectivity index (χ1) is 18.6. The third-order valence-electron chi connectivity index (χ3n) is 6.77. The van der Waals surface area contributed by atoms with Crippen LogP contribution in [0.5, 0.6) is 0 Å². The van der Waals surface area contributed by atoms with Crippen molar-refractivity contribution in [2.75, 3.05) is 19.7 Å². The number of hydrogen-bond donors (Lipinski definition) is 0. The van der Waals surface area contributed by atoms with Gasteiger partial charge >= 0.3 is 12.1 Å². The second-order valence-electron chi connectivity index (χ2n) is 9.74. The molecule has 0 aliphatic carbocycles. The summed E-state index contributed by atoms with van der Waals surface area (Å²) in [5, 5.41) is 0. The second-order valence-corrected chi connectivity index (χ2v) is 9.74. The number of aryl methyl sites for hydroxylation is 1. The van der Waals surface area contributed by atoms with Crippen LogP contribution in [0.4, 0.5) is 13.2 Å². The minimum Gasteiger partial charge on any atom is -0.466 e. The Kier molecular flexibility index (Phi) is 9.06. The molecule has 1 atom stereocenters. The number of ether oxygens (including phenoxy) is 1. The average Bonchev–Trinajstić information content (AvgIpc) is 3.38. The third-order valence-corrected chi connectivity index (χ3v) is 6.77. The largest absolute Gasteiger partial charge is 0.466 e. The van der Waals surface area contributed by atoms with Crippen LogP contribution in [0.15, 0.2) is 59.2 Å². The van der Waals surface area contributed by atoms with Gasteiger partial charge in [0.2, 0.25) is 5.89 Å². The Hall–Kier alpha value is -3.66. The van der Waals surface area contributed by atoms with Gasteiger partial charge in [0.15, 0.2) is 5.69 Å². The maximum Gasteiger partial charge on any atom is 0.416 e. The molecular weight excluding hydrogens is 511 g/mol. The summed E-state index contributed by atoms with van der Waals surface area (Å²) < 4.78 is 50.6. The van der Waals surface area contributed by atoms with E-state index in [0.29, 0.717) is 31.5 Å². The first-order valence-corrected chi connectivity index (χ1v) is 13.0. The standard InChI is InChI=1S/C29H32F3N3O4/c1-3-38-28(37)23-11-7-13-35(17-23)27(36)25-19-39-26(33-25)18-34(16-22-10-5-4-8-20(22)2)15-21-9-6-12-24(14-21)29(30,31)32/h4-6,8-10,12,14,19,23H,3,7,11,13,15-18H2,1-2H3. The highest BCUT2D eigenvalue weighted by molar-refractivity contribution is 5.92. The number of benzene rings is 2. The Labute approximate surface area is 225 Å². The molecule has 10 heteroatoms. The Bertz CT molecular complexity index is 1290. The number of likely N-dealkylation sites (tertiary alicyclic amines) is 1. The number of rotatable bonds is 9. The van der Waals surface area contributed by atoms with E-state index >= 15 is 0 Å². The fraction of sp³-hybridized carbons (Fsp3) is 0.414. The zero-order chi connectivity index (χ0) is 28.0. The molecule has 1 aromatic heterocycles. The molecule has 7 nitrogen and oxygen atoms in total. The zero-order valence-electron chi connectivity index (χ0n) is 22.0. The van der Waals surface area contributed by atoms with Crippen molar-refractivity contribution in [2.45, 2.75) is 52.5 Å². The molecule has 2 heterocycles. The molecule has 3 aromatic rings. The van der Waals surface area contributed by atoms with Gasteiger partial charge < -0.3 is 14.1 Å². The summed E-state index contributed by atoms with van der Waals surface area (Å²) in [7, 11) is 0. The highest BCUT2D eigenvalue weighted by Crippen LogP contribution is 2.30. The van der Waals surface area contributed by atoms with Crippen molar-refractivity contribution < 1.29 is 31.9 Å².